The van der Waals surface area contributed by atoms with Gasteiger partial charge in [0, 0.05) is 12.5 Å². The highest BCUT2D eigenvalue weighted by Gasteiger charge is 2.36. The second kappa shape index (κ2) is 5.42. The summed E-state index contributed by atoms with van der Waals surface area (Å²) in [5, 5.41) is 2.77. The second-order valence-electron chi connectivity index (χ2n) is 6.49. The molecule has 2 fully saturated rings. The van der Waals surface area contributed by atoms with Crippen LogP contribution in [0.15, 0.2) is 0 Å². The Morgan fingerprint density at radius 3 is 2.40 bits per heavy atom. The van der Waals surface area contributed by atoms with E-state index in [9.17, 15) is 14.4 Å². The van der Waals surface area contributed by atoms with E-state index in [0.29, 0.717) is 13.0 Å². The van der Waals surface area contributed by atoms with Gasteiger partial charge < -0.3 is 15.0 Å². The monoisotopic (exact) mass is 282 g/mol. The lowest BCUT2D eigenvalue weighted by atomic mass is 10.0. The molecule has 1 saturated carbocycles. The van der Waals surface area contributed by atoms with E-state index in [1.54, 1.807) is 20.8 Å². The maximum absolute atomic E-state index is 12.0. The van der Waals surface area contributed by atoms with Gasteiger partial charge in [0.2, 0.25) is 5.91 Å². The van der Waals surface area contributed by atoms with Crippen molar-refractivity contribution >= 4 is 17.8 Å². The van der Waals surface area contributed by atoms with Gasteiger partial charge in [0.15, 0.2) is 5.78 Å². The van der Waals surface area contributed by atoms with E-state index in [1.807, 2.05) is 0 Å². The van der Waals surface area contributed by atoms with Gasteiger partial charge in [-0.15, -0.1) is 0 Å². The molecular weight excluding hydrogens is 260 g/mol. The molecule has 0 radical (unpaired) electrons. The predicted molar refractivity (Wildman–Crippen MR) is 72.1 cm³/mol. The molecule has 0 aromatic heterocycles. The maximum Gasteiger partial charge on any atom is 0.410 e. The minimum absolute atomic E-state index is 0.00449. The fourth-order valence-corrected chi connectivity index (χ4v) is 2.09. The fraction of sp³-hybridized carbons (Fsp3) is 0.786. The van der Waals surface area contributed by atoms with Crippen LogP contribution >= 0.6 is 0 Å². The van der Waals surface area contributed by atoms with Crippen molar-refractivity contribution < 1.29 is 19.1 Å². The molecule has 2 amide bonds. The number of nitrogens with zero attached hydrogens (tertiary/aromatic N) is 1. The lowest BCUT2D eigenvalue weighted by Gasteiger charge is -2.32. The van der Waals surface area contributed by atoms with E-state index in [4.69, 9.17) is 4.74 Å². The van der Waals surface area contributed by atoms with E-state index in [0.717, 1.165) is 12.8 Å². The largest absolute Gasteiger partial charge is 0.444 e. The van der Waals surface area contributed by atoms with Gasteiger partial charge in [-0.2, -0.15) is 0 Å². The van der Waals surface area contributed by atoms with Gasteiger partial charge in [-0.05, 0) is 40.0 Å². The van der Waals surface area contributed by atoms with Crippen molar-refractivity contribution in [2.24, 2.45) is 5.92 Å². The molecule has 1 saturated heterocycles. The summed E-state index contributed by atoms with van der Waals surface area (Å²) >= 11 is 0. The van der Waals surface area contributed by atoms with Crippen LogP contribution < -0.4 is 5.32 Å². The number of rotatable bonds is 2. The normalized spacial score (nSPS) is 23.4. The molecule has 1 unspecified atom stereocenters. The highest BCUT2D eigenvalue weighted by atomic mass is 16.6. The number of hydrogen-bond donors (Lipinski definition) is 1. The Morgan fingerprint density at radius 2 is 1.90 bits per heavy atom. The molecule has 20 heavy (non-hydrogen) atoms. The van der Waals surface area contributed by atoms with E-state index in [1.165, 1.54) is 4.90 Å². The molecule has 1 aliphatic carbocycles. The molecule has 2 aliphatic rings. The van der Waals surface area contributed by atoms with Crippen molar-refractivity contribution in [2.75, 3.05) is 13.1 Å². The molecular formula is C14H22N2O4. The van der Waals surface area contributed by atoms with Crippen LogP contribution in [0.3, 0.4) is 0 Å². The Balaban J connectivity index is 1.83. The number of carbonyl (C=O) groups excluding carboxylic acids is 3. The standard InChI is InChI=1S/C14H22N2O4/c1-14(2,3)20-13(19)16-7-6-10(11(17)8-16)15-12(18)9-4-5-9/h9-10H,4-8H2,1-3H3,(H,15,18). The lowest BCUT2D eigenvalue weighted by molar-refractivity contribution is -0.130. The van der Waals surface area contributed by atoms with Crippen molar-refractivity contribution in [3.05, 3.63) is 0 Å². The topological polar surface area (TPSA) is 75.7 Å². The van der Waals surface area contributed by atoms with Crippen molar-refractivity contribution in [1.29, 1.82) is 0 Å². The molecule has 112 valence electrons. The number of ether oxygens (including phenoxy) is 1. The van der Waals surface area contributed by atoms with Crippen LogP contribution in [0, 0.1) is 5.92 Å². The van der Waals surface area contributed by atoms with Gasteiger partial charge >= 0.3 is 6.09 Å². The Bertz CT molecular complexity index is 423. The highest BCUT2D eigenvalue weighted by molar-refractivity contribution is 5.93. The Kier molecular flexibility index (Phi) is 4.01. The quantitative estimate of drug-likeness (QED) is 0.822. The van der Waals surface area contributed by atoms with Gasteiger partial charge in [0.25, 0.3) is 0 Å². The third kappa shape index (κ3) is 3.95. The smallest absolute Gasteiger partial charge is 0.410 e. The van der Waals surface area contributed by atoms with E-state index < -0.39 is 17.7 Å². The minimum atomic E-state index is -0.572. The highest BCUT2D eigenvalue weighted by Crippen LogP contribution is 2.29. The molecule has 0 aromatic carbocycles. The molecule has 1 N–H and O–H groups in total. The number of hydrogen-bond acceptors (Lipinski definition) is 4. The molecule has 1 aliphatic heterocycles. The third-order valence-electron chi connectivity index (χ3n) is 3.34. The molecule has 1 heterocycles. The number of nitrogens with one attached hydrogen (secondary N) is 1. The predicted octanol–water partition coefficient (Wildman–Crippen LogP) is 1.09. The van der Waals surface area contributed by atoms with E-state index in [2.05, 4.69) is 5.32 Å². The van der Waals surface area contributed by atoms with E-state index >= 15 is 0 Å². The van der Waals surface area contributed by atoms with Crippen molar-refractivity contribution in [3.63, 3.8) is 0 Å². The second-order valence-corrected chi connectivity index (χ2v) is 6.49. The van der Waals surface area contributed by atoms with Gasteiger partial charge in [0.05, 0.1) is 12.6 Å². The zero-order valence-electron chi connectivity index (χ0n) is 12.3. The number of ketones is 1. The Hall–Kier alpha value is -1.59. The number of amides is 2. The summed E-state index contributed by atoms with van der Waals surface area (Å²) < 4.78 is 5.24. The molecule has 0 bridgehead atoms. The lowest BCUT2D eigenvalue weighted by Crippen LogP contribution is -2.53. The molecule has 6 nitrogen and oxygen atoms in total. The average molecular weight is 282 g/mol. The fourth-order valence-electron chi connectivity index (χ4n) is 2.09. The summed E-state index contributed by atoms with van der Waals surface area (Å²) in [4.78, 5) is 36.9. The van der Waals surface area contributed by atoms with Crippen molar-refractivity contribution in [2.45, 2.75) is 51.7 Å². The van der Waals surface area contributed by atoms with Crippen LogP contribution in [0.2, 0.25) is 0 Å². The number of piperidine rings is 1. The zero-order valence-corrected chi connectivity index (χ0v) is 12.3. The summed E-state index contributed by atoms with van der Waals surface area (Å²) in [5.41, 5.74) is -0.572. The number of Topliss-reactive ketones (excluding diaryl/α,β-unsaturated/α-hetero) is 1. The Labute approximate surface area is 118 Å². The molecule has 0 spiro atoms. The third-order valence-corrected chi connectivity index (χ3v) is 3.34. The molecule has 6 heteroatoms. The van der Waals surface area contributed by atoms with Gasteiger partial charge in [-0.1, -0.05) is 0 Å². The minimum Gasteiger partial charge on any atom is -0.444 e. The van der Waals surface area contributed by atoms with Crippen LogP contribution in [-0.4, -0.2) is 47.4 Å². The molecule has 2 rings (SSSR count). The van der Waals surface area contributed by atoms with Crippen LogP contribution in [0.25, 0.3) is 0 Å². The van der Waals surface area contributed by atoms with Crippen LogP contribution in [0.1, 0.15) is 40.0 Å². The zero-order chi connectivity index (χ0) is 14.9. The summed E-state index contributed by atoms with van der Waals surface area (Å²) in [5.74, 6) is -0.0723. The summed E-state index contributed by atoms with van der Waals surface area (Å²) in [6.07, 6.45) is 1.81. The van der Waals surface area contributed by atoms with Crippen molar-refractivity contribution in [3.8, 4) is 0 Å². The summed E-state index contributed by atoms with van der Waals surface area (Å²) in [6, 6.07) is -0.457. The molecule has 1 atom stereocenters. The van der Waals surface area contributed by atoms with Crippen LogP contribution in [-0.2, 0) is 14.3 Å². The number of likely N-dealkylation sites (tertiary alicyclic amines) is 1. The van der Waals surface area contributed by atoms with E-state index in [-0.39, 0.29) is 24.2 Å². The van der Waals surface area contributed by atoms with Crippen LogP contribution in [0.5, 0.6) is 0 Å². The first-order chi connectivity index (χ1) is 9.26. The van der Waals surface area contributed by atoms with Crippen molar-refractivity contribution in [1.82, 2.24) is 10.2 Å². The first kappa shape index (κ1) is 14.8. The average Bonchev–Trinajstić information content (AvgIpc) is 3.13. The summed E-state index contributed by atoms with van der Waals surface area (Å²) in [7, 11) is 0. The van der Waals surface area contributed by atoms with Gasteiger partial charge in [-0.3, -0.25) is 9.59 Å². The number of carbonyl (C=O) groups is 3. The summed E-state index contributed by atoms with van der Waals surface area (Å²) in [6.45, 7) is 5.79. The molecule has 0 aromatic rings. The first-order valence-electron chi connectivity index (χ1n) is 7.07. The van der Waals surface area contributed by atoms with Gasteiger partial charge in [0.1, 0.15) is 5.60 Å². The first-order valence-corrected chi connectivity index (χ1v) is 7.07. The Morgan fingerprint density at radius 1 is 1.25 bits per heavy atom. The maximum atomic E-state index is 12.0. The SMILES string of the molecule is CC(C)(C)OC(=O)N1CCC(NC(=O)C2CC2)C(=O)C1. The van der Waals surface area contributed by atoms with Gasteiger partial charge in [-0.25, -0.2) is 4.79 Å². The van der Waals surface area contributed by atoms with Crippen LogP contribution in [0.4, 0.5) is 4.79 Å².